The Morgan fingerprint density at radius 2 is 1.67 bits per heavy atom. The zero-order chi connectivity index (χ0) is 15.0. The summed E-state index contributed by atoms with van der Waals surface area (Å²) < 4.78 is 14.2. The first-order valence-electron chi connectivity index (χ1n) is 6.33. The second kappa shape index (κ2) is 5.96. The number of fused-ring (bicyclic) bond motifs is 1. The van der Waals surface area contributed by atoms with E-state index in [4.69, 9.17) is 23.2 Å². The Hall–Kier alpha value is -1.09. The van der Waals surface area contributed by atoms with Crippen LogP contribution in [0.2, 0.25) is 5.02 Å². The predicted octanol–water partition coefficient (Wildman–Crippen LogP) is 6.72. The number of benzene rings is 3. The maximum absolute atomic E-state index is 13.6. The van der Waals surface area contributed by atoms with E-state index in [0.29, 0.717) is 15.1 Å². The Morgan fingerprint density at radius 3 is 2.38 bits per heavy atom. The van der Waals surface area contributed by atoms with E-state index in [1.54, 1.807) is 0 Å². The first-order chi connectivity index (χ1) is 10.1. The molecule has 0 radical (unpaired) electrons. The van der Waals surface area contributed by atoms with Gasteiger partial charge in [-0.15, -0.1) is 11.6 Å². The van der Waals surface area contributed by atoms with E-state index in [9.17, 15) is 4.39 Å². The van der Waals surface area contributed by atoms with Crippen LogP contribution in [0.1, 0.15) is 16.5 Å². The molecule has 0 aliphatic carbocycles. The molecule has 0 aliphatic heterocycles. The average molecular weight is 384 g/mol. The minimum Gasteiger partial charge on any atom is -0.207 e. The zero-order valence-electron chi connectivity index (χ0n) is 10.8. The lowest BCUT2D eigenvalue weighted by Crippen LogP contribution is -1.96. The molecule has 3 rings (SSSR count). The lowest BCUT2D eigenvalue weighted by molar-refractivity contribution is 0.625. The number of halogens is 4. The van der Waals surface area contributed by atoms with Gasteiger partial charge in [0.25, 0.3) is 0 Å². The van der Waals surface area contributed by atoms with Crippen molar-refractivity contribution in [3.8, 4) is 0 Å². The number of alkyl halides is 1. The second-order valence-corrected chi connectivity index (χ2v) is 6.51. The second-order valence-electron chi connectivity index (χ2n) is 4.75. The van der Waals surface area contributed by atoms with Crippen LogP contribution in [-0.2, 0) is 0 Å². The first kappa shape index (κ1) is 14.8. The van der Waals surface area contributed by atoms with Gasteiger partial charge in [-0.25, -0.2) is 4.39 Å². The van der Waals surface area contributed by atoms with Crippen LogP contribution < -0.4 is 0 Å². The molecule has 0 saturated carbocycles. The van der Waals surface area contributed by atoms with Gasteiger partial charge in [-0.3, -0.25) is 0 Å². The van der Waals surface area contributed by atoms with Crippen molar-refractivity contribution < 1.29 is 4.39 Å². The Labute approximate surface area is 140 Å². The van der Waals surface area contributed by atoms with Gasteiger partial charge >= 0.3 is 0 Å². The third-order valence-electron chi connectivity index (χ3n) is 3.36. The summed E-state index contributed by atoms with van der Waals surface area (Å²) in [5.74, 6) is -0.316. The summed E-state index contributed by atoms with van der Waals surface area (Å²) >= 11 is 16.1. The van der Waals surface area contributed by atoms with Gasteiger partial charge in [0.05, 0.1) is 5.38 Å². The van der Waals surface area contributed by atoms with E-state index >= 15 is 0 Å². The van der Waals surface area contributed by atoms with Gasteiger partial charge in [-0.05, 0) is 40.8 Å². The smallest absolute Gasteiger partial charge is 0.124 e. The van der Waals surface area contributed by atoms with Crippen LogP contribution in [0.4, 0.5) is 4.39 Å². The highest BCUT2D eigenvalue weighted by Crippen LogP contribution is 2.37. The van der Waals surface area contributed by atoms with Gasteiger partial charge in [-0.2, -0.15) is 0 Å². The van der Waals surface area contributed by atoms with Gasteiger partial charge in [0.2, 0.25) is 0 Å². The molecular formula is C17H10BrCl2F. The zero-order valence-corrected chi connectivity index (χ0v) is 13.9. The molecule has 0 amide bonds. The van der Waals surface area contributed by atoms with Crippen molar-refractivity contribution in [1.29, 1.82) is 0 Å². The molecule has 1 atom stereocenters. The van der Waals surface area contributed by atoms with E-state index in [1.807, 2.05) is 42.5 Å². The Balaban J connectivity index is 2.18. The van der Waals surface area contributed by atoms with Crippen LogP contribution in [0.25, 0.3) is 10.8 Å². The number of hydrogen-bond acceptors (Lipinski definition) is 0. The molecule has 0 N–H and O–H groups in total. The minimum absolute atomic E-state index is 0.316. The minimum atomic E-state index is -0.445. The molecule has 0 nitrogen and oxygen atoms in total. The summed E-state index contributed by atoms with van der Waals surface area (Å²) in [6, 6.07) is 16.2. The summed E-state index contributed by atoms with van der Waals surface area (Å²) in [7, 11) is 0. The van der Waals surface area contributed by atoms with Crippen LogP contribution in [0, 0.1) is 5.82 Å². The molecule has 0 aliphatic rings. The number of rotatable bonds is 2. The first-order valence-corrected chi connectivity index (χ1v) is 7.94. The van der Waals surface area contributed by atoms with Gasteiger partial charge in [0.1, 0.15) is 5.82 Å². The monoisotopic (exact) mass is 382 g/mol. The molecule has 4 heteroatoms. The molecule has 0 aromatic heterocycles. The van der Waals surface area contributed by atoms with Crippen molar-refractivity contribution in [2.75, 3.05) is 0 Å². The Kier molecular flexibility index (Phi) is 4.21. The largest absolute Gasteiger partial charge is 0.207 e. The van der Waals surface area contributed by atoms with Gasteiger partial charge in [0, 0.05) is 14.9 Å². The topological polar surface area (TPSA) is 0 Å². The predicted molar refractivity (Wildman–Crippen MR) is 90.8 cm³/mol. The van der Waals surface area contributed by atoms with E-state index in [1.165, 1.54) is 12.1 Å². The van der Waals surface area contributed by atoms with Gasteiger partial charge < -0.3 is 0 Å². The fourth-order valence-electron chi connectivity index (χ4n) is 2.41. The van der Waals surface area contributed by atoms with Crippen molar-refractivity contribution in [2.45, 2.75) is 5.38 Å². The van der Waals surface area contributed by atoms with Crippen LogP contribution >= 0.6 is 39.1 Å². The fourth-order valence-corrected chi connectivity index (χ4v) is 3.43. The van der Waals surface area contributed by atoms with E-state index in [2.05, 4.69) is 15.9 Å². The molecule has 3 aromatic carbocycles. The molecule has 3 aromatic rings. The van der Waals surface area contributed by atoms with Crippen LogP contribution in [0.15, 0.2) is 59.1 Å². The highest BCUT2D eigenvalue weighted by atomic mass is 79.9. The standard InChI is InChI=1S/C17H10BrCl2F/c18-11-7-10(8-12(21)9-11)17(20)15-5-6-16(19)14-4-2-1-3-13(14)15/h1-9,17H. The summed E-state index contributed by atoms with van der Waals surface area (Å²) in [5.41, 5.74) is 1.62. The summed E-state index contributed by atoms with van der Waals surface area (Å²) in [6.07, 6.45) is 0. The highest BCUT2D eigenvalue weighted by molar-refractivity contribution is 9.10. The molecule has 106 valence electrons. The molecule has 21 heavy (non-hydrogen) atoms. The van der Waals surface area contributed by atoms with Crippen molar-refractivity contribution in [2.24, 2.45) is 0 Å². The van der Waals surface area contributed by atoms with Crippen LogP contribution in [0.3, 0.4) is 0 Å². The van der Waals surface area contributed by atoms with Gasteiger partial charge in [-0.1, -0.05) is 57.9 Å². The maximum Gasteiger partial charge on any atom is 0.124 e. The fraction of sp³-hybridized carbons (Fsp3) is 0.0588. The van der Waals surface area contributed by atoms with Gasteiger partial charge in [0.15, 0.2) is 0 Å². The van der Waals surface area contributed by atoms with Crippen molar-refractivity contribution >= 4 is 49.9 Å². The molecule has 0 spiro atoms. The normalized spacial score (nSPS) is 12.6. The Bertz CT molecular complexity index is 797. The summed E-state index contributed by atoms with van der Waals surface area (Å²) in [5, 5.41) is 2.15. The SMILES string of the molecule is Fc1cc(Br)cc(C(Cl)c2ccc(Cl)c3ccccc23)c1. The quantitative estimate of drug-likeness (QED) is 0.430. The van der Waals surface area contributed by atoms with Crippen molar-refractivity contribution in [1.82, 2.24) is 0 Å². The highest BCUT2D eigenvalue weighted by Gasteiger charge is 2.16. The molecule has 0 bridgehead atoms. The molecule has 1 unspecified atom stereocenters. The number of hydrogen-bond donors (Lipinski definition) is 0. The lowest BCUT2D eigenvalue weighted by atomic mass is 9.98. The average Bonchev–Trinajstić information content (AvgIpc) is 2.46. The van der Waals surface area contributed by atoms with E-state index in [0.717, 1.165) is 16.3 Å². The Morgan fingerprint density at radius 1 is 0.952 bits per heavy atom. The summed E-state index contributed by atoms with van der Waals surface area (Å²) in [6.45, 7) is 0. The molecule has 0 saturated heterocycles. The molecule has 0 fully saturated rings. The van der Waals surface area contributed by atoms with Crippen LogP contribution in [0.5, 0.6) is 0 Å². The van der Waals surface area contributed by atoms with E-state index < -0.39 is 5.38 Å². The maximum atomic E-state index is 13.6. The molecule has 0 heterocycles. The van der Waals surface area contributed by atoms with Crippen molar-refractivity contribution in [3.63, 3.8) is 0 Å². The molecular weight excluding hydrogens is 374 g/mol. The lowest BCUT2D eigenvalue weighted by Gasteiger charge is -2.15. The van der Waals surface area contributed by atoms with Crippen LogP contribution in [-0.4, -0.2) is 0 Å². The third-order valence-corrected chi connectivity index (χ3v) is 4.63. The summed E-state index contributed by atoms with van der Waals surface area (Å²) in [4.78, 5) is 0. The van der Waals surface area contributed by atoms with E-state index in [-0.39, 0.29) is 5.82 Å². The third kappa shape index (κ3) is 2.94. The van der Waals surface area contributed by atoms with Crippen molar-refractivity contribution in [3.05, 3.63) is 81.0 Å².